The minimum atomic E-state index is -0.333. The maximum absolute atomic E-state index is 13.2. The lowest BCUT2D eigenvalue weighted by Gasteiger charge is -2.34. The van der Waals surface area contributed by atoms with E-state index in [2.05, 4.69) is 44.6 Å². The molecule has 1 fully saturated rings. The smallest absolute Gasteiger partial charge is 0.317 e. The van der Waals surface area contributed by atoms with Crippen LogP contribution in [0.2, 0.25) is 0 Å². The predicted octanol–water partition coefficient (Wildman–Crippen LogP) is 2.92. The number of anilines is 2. The van der Waals surface area contributed by atoms with Crippen molar-refractivity contribution in [3.05, 3.63) is 89.7 Å². The molecule has 2 heterocycles. The van der Waals surface area contributed by atoms with Crippen LogP contribution in [-0.4, -0.2) is 84.5 Å². The lowest BCUT2D eigenvalue weighted by atomic mass is 10.1. The van der Waals surface area contributed by atoms with Crippen molar-refractivity contribution in [3.63, 3.8) is 0 Å². The number of hydrogen-bond acceptors (Lipinski definition) is 6. The van der Waals surface area contributed by atoms with Crippen LogP contribution in [0.15, 0.2) is 72.9 Å². The molecule has 9 heteroatoms. The summed E-state index contributed by atoms with van der Waals surface area (Å²) in [5.41, 5.74) is 9.30. The Morgan fingerprint density at radius 3 is 2.39 bits per heavy atom. The fourth-order valence-electron chi connectivity index (χ4n) is 4.33. The molecule has 1 aromatic heterocycles. The van der Waals surface area contributed by atoms with Crippen LogP contribution in [0.5, 0.6) is 0 Å². The zero-order chi connectivity index (χ0) is 26.7. The Morgan fingerprint density at radius 1 is 0.947 bits per heavy atom. The third-order valence-corrected chi connectivity index (χ3v) is 6.74. The van der Waals surface area contributed by atoms with Crippen LogP contribution < -0.4 is 16.4 Å². The molecule has 0 aliphatic carbocycles. The number of nitrogens with zero attached hydrogens (tertiary/aromatic N) is 4. The highest BCUT2D eigenvalue weighted by molar-refractivity contribution is 6.04. The largest absolute Gasteiger partial charge is 0.397 e. The molecule has 2 aromatic carbocycles. The number of hydrogen-bond donors (Lipinski definition) is 3. The molecule has 0 unspecified atom stereocenters. The molecule has 0 bridgehead atoms. The summed E-state index contributed by atoms with van der Waals surface area (Å²) in [5.74, 6) is -0.333. The molecule has 1 aliphatic heterocycles. The Balaban J connectivity index is 1.36. The molecule has 4 N–H and O–H groups in total. The lowest BCUT2D eigenvalue weighted by molar-refractivity contribution is 0.102. The highest BCUT2D eigenvalue weighted by atomic mass is 16.2. The zero-order valence-electron chi connectivity index (χ0n) is 22.0. The number of aromatic nitrogens is 1. The van der Waals surface area contributed by atoms with E-state index in [1.807, 2.05) is 41.3 Å². The highest BCUT2D eigenvalue weighted by Gasteiger charge is 2.19. The molecule has 1 saturated heterocycles. The van der Waals surface area contributed by atoms with E-state index in [1.165, 1.54) is 5.56 Å². The number of carbonyl (C=O) groups is 2. The van der Waals surface area contributed by atoms with E-state index >= 15 is 0 Å². The average molecular weight is 516 g/mol. The summed E-state index contributed by atoms with van der Waals surface area (Å²) in [4.78, 5) is 36.7. The van der Waals surface area contributed by atoms with Gasteiger partial charge in [0, 0.05) is 58.6 Å². The number of nitrogen functional groups attached to an aromatic ring is 1. The molecular formula is C29H37N7O2. The highest BCUT2D eigenvalue weighted by Crippen LogP contribution is 2.17. The van der Waals surface area contributed by atoms with Gasteiger partial charge in [0.25, 0.3) is 5.91 Å². The Labute approximate surface area is 224 Å². The van der Waals surface area contributed by atoms with Gasteiger partial charge in [-0.2, -0.15) is 0 Å². The number of rotatable bonds is 10. The van der Waals surface area contributed by atoms with Gasteiger partial charge in [0.15, 0.2) is 0 Å². The third-order valence-electron chi connectivity index (χ3n) is 6.74. The Hall–Kier alpha value is -3.95. The fraction of sp³-hybridized carbons (Fsp3) is 0.345. The van der Waals surface area contributed by atoms with Crippen LogP contribution in [0.3, 0.4) is 0 Å². The summed E-state index contributed by atoms with van der Waals surface area (Å²) in [6.45, 7) is 6.45. The van der Waals surface area contributed by atoms with Crippen molar-refractivity contribution in [2.24, 2.45) is 0 Å². The number of nitrogens with two attached hydrogens (primary N) is 1. The molecule has 38 heavy (non-hydrogen) atoms. The third kappa shape index (κ3) is 8.03. The molecule has 1 aliphatic rings. The molecule has 3 aromatic rings. The topological polar surface area (TPSA) is 107 Å². The number of benzene rings is 2. The van der Waals surface area contributed by atoms with Crippen molar-refractivity contribution in [2.45, 2.75) is 13.0 Å². The van der Waals surface area contributed by atoms with Gasteiger partial charge in [0.2, 0.25) is 0 Å². The second-order valence-electron chi connectivity index (χ2n) is 9.63. The van der Waals surface area contributed by atoms with Crippen LogP contribution in [0.1, 0.15) is 21.6 Å². The molecule has 4 rings (SSSR count). The maximum Gasteiger partial charge on any atom is 0.317 e. The number of urea groups is 1. The van der Waals surface area contributed by atoms with Crippen molar-refractivity contribution in [2.75, 3.05) is 63.9 Å². The van der Waals surface area contributed by atoms with Gasteiger partial charge in [-0.05, 0) is 42.8 Å². The van der Waals surface area contributed by atoms with Gasteiger partial charge in [0.1, 0.15) is 5.69 Å². The minimum Gasteiger partial charge on any atom is -0.397 e. The Bertz CT molecular complexity index is 1180. The predicted molar refractivity (Wildman–Crippen MR) is 151 cm³/mol. The number of nitrogens with one attached hydrogen (secondary N) is 2. The number of amides is 3. The summed E-state index contributed by atoms with van der Waals surface area (Å²) in [6, 6.07) is 20.6. The summed E-state index contributed by atoms with van der Waals surface area (Å²) in [7, 11) is 2.13. The van der Waals surface area contributed by atoms with E-state index in [1.54, 1.807) is 24.4 Å². The van der Waals surface area contributed by atoms with Gasteiger partial charge in [-0.1, -0.05) is 48.5 Å². The fourth-order valence-corrected chi connectivity index (χ4v) is 4.33. The van der Waals surface area contributed by atoms with Crippen molar-refractivity contribution in [1.82, 2.24) is 25.0 Å². The first-order valence-corrected chi connectivity index (χ1v) is 13.1. The molecule has 0 radical (unpaired) electrons. The van der Waals surface area contributed by atoms with Crippen molar-refractivity contribution in [3.8, 4) is 0 Å². The van der Waals surface area contributed by atoms with Crippen LogP contribution in [0, 0.1) is 0 Å². The molecule has 3 amide bonds. The minimum absolute atomic E-state index is 0.101. The summed E-state index contributed by atoms with van der Waals surface area (Å²) >= 11 is 0. The average Bonchev–Trinajstić information content (AvgIpc) is 2.94. The first-order chi connectivity index (χ1) is 18.5. The molecule has 0 saturated carbocycles. The van der Waals surface area contributed by atoms with Gasteiger partial charge in [-0.15, -0.1) is 0 Å². The van der Waals surface area contributed by atoms with E-state index in [0.29, 0.717) is 31.0 Å². The van der Waals surface area contributed by atoms with Gasteiger partial charge in [0.05, 0.1) is 11.4 Å². The normalized spacial score (nSPS) is 14.1. The first-order valence-electron chi connectivity index (χ1n) is 13.1. The number of carbonyl (C=O) groups excluding carboxylic acids is 2. The first kappa shape index (κ1) is 27.1. The van der Waals surface area contributed by atoms with Crippen LogP contribution in [-0.2, 0) is 13.0 Å². The SMILES string of the molecule is CN1CCN(CCN(Cc2ccc(C(=O)Nc3ccccc3N)nc2)C(=O)NCCc2ccccc2)CC1. The standard InChI is InChI=1S/C29H37N7O2/c1-34-15-17-35(18-16-34)19-20-36(29(38)31-14-13-23-7-3-2-4-8-23)22-24-11-12-27(32-21-24)28(37)33-26-10-6-5-9-25(26)30/h2-12,21H,13-20,22,30H2,1H3,(H,31,38)(H,33,37). The molecule has 0 atom stereocenters. The number of likely N-dealkylation sites (N-methyl/N-ethyl adjacent to an activating group) is 1. The van der Waals surface area contributed by atoms with Crippen LogP contribution in [0.25, 0.3) is 0 Å². The quantitative estimate of drug-likeness (QED) is 0.359. The Kier molecular flexibility index (Phi) is 9.66. The van der Waals surface area contributed by atoms with Gasteiger partial charge in [-0.25, -0.2) is 4.79 Å². The van der Waals surface area contributed by atoms with E-state index in [-0.39, 0.29) is 17.6 Å². The van der Waals surface area contributed by atoms with Gasteiger partial charge in [-0.3, -0.25) is 14.7 Å². The van der Waals surface area contributed by atoms with E-state index in [4.69, 9.17) is 5.73 Å². The van der Waals surface area contributed by atoms with Gasteiger partial charge < -0.3 is 26.2 Å². The lowest BCUT2D eigenvalue weighted by Crippen LogP contribution is -2.49. The maximum atomic E-state index is 13.2. The molecular weight excluding hydrogens is 478 g/mol. The van der Waals surface area contributed by atoms with Crippen molar-refractivity contribution in [1.29, 1.82) is 0 Å². The summed E-state index contributed by atoms with van der Waals surface area (Å²) < 4.78 is 0. The van der Waals surface area contributed by atoms with E-state index in [0.717, 1.165) is 44.7 Å². The zero-order valence-corrected chi connectivity index (χ0v) is 22.0. The molecule has 9 nitrogen and oxygen atoms in total. The second kappa shape index (κ2) is 13.6. The van der Waals surface area contributed by atoms with Crippen LogP contribution >= 0.6 is 0 Å². The van der Waals surface area contributed by atoms with Gasteiger partial charge >= 0.3 is 6.03 Å². The monoisotopic (exact) mass is 515 g/mol. The van der Waals surface area contributed by atoms with Crippen LogP contribution in [0.4, 0.5) is 16.2 Å². The van der Waals surface area contributed by atoms with Crippen molar-refractivity contribution < 1.29 is 9.59 Å². The number of pyridine rings is 1. The number of piperazine rings is 1. The van der Waals surface area contributed by atoms with E-state index in [9.17, 15) is 9.59 Å². The van der Waals surface area contributed by atoms with Crippen molar-refractivity contribution >= 4 is 23.3 Å². The molecule has 0 spiro atoms. The number of para-hydroxylation sites is 2. The van der Waals surface area contributed by atoms with E-state index < -0.39 is 0 Å². The summed E-state index contributed by atoms with van der Waals surface area (Å²) in [6.07, 6.45) is 2.43. The summed E-state index contributed by atoms with van der Waals surface area (Å²) in [5, 5.41) is 5.86. The molecule has 200 valence electrons. The Morgan fingerprint density at radius 2 is 1.68 bits per heavy atom. The second-order valence-corrected chi connectivity index (χ2v) is 9.63.